The number of fused-ring (bicyclic) bond motifs is 1. The molecule has 2 aromatic heterocycles. The minimum atomic E-state index is -0.102. The van der Waals surface area contributed by atoms with E-state index < -0.39 is 0 Å². The lowest BCUT2D eigenvalue weighted by Gasteiger charge is -2.08. The molecule has 3 N–H and O–H groups in total. The first-order chi connectivity index (χ1) is 14.2. The number of nitrogens with zero attached hydrogens (tertiary/aromatic N) is 2. The number of imidazole rings is 1. The Morgan fingerprint density at radius 1 is 1.03 bits per heavy atom. The van der Waals surface area contributed by atoms with Crippen LogP contribution in [0, 0.1) is 6.92 Å². The second-order valence-electron chi connectivity index (χ2n) is 6.85. The molecule has 164 valence electrons. The van der Waals surface area contributed by atoms with Gasteiger partial charge >= 0.3 is 0 Å². The van der Waals surface area contributed by atoms with Crippen LogP contribution in [0.15, 0.2) is 59.8 Å². The number of hydrogen-bond donors (Lipinski definition) is 3. The maximum atomic E-state index is 12.5. The monoisotopic (exact) mass is 477 g/mol. The molecule has 0 radical (unpaired) electrons. The molecule has 0 saturated carbocycles. The van der Waals surface area contributed by atoms with Crippen molar-refractivity contribution in [1.29, 1.82) is 0 Å². The van der Waals surface area contributed by atoms with Crippen LogP contribution in [-0.4, -0.2) is 32.2 Å². The molecule has 0 amide bonds. The number of aryl methyl sites for hydroxylation is 1. The lowest BCUT2D eigenvalue weighted by atomic mass is 10.00. The van der Waals surface area contributed by atoms with Crippen LogP contribution in [0.4, 0.5) is 5.95 Å². The molecule has 31 heavy (non-hydrogen) atoms. The summed E-state index contributed by atoms with van der Waals surface area (Å²) in [6.07, 6.45) is 3.95. The summed E-state index contributed by atoms with van der Waals surface area (Å²) in [6.45, 7) is 2.75. The van der Waals surface area contributed by atoms with Crippen LogP contribution in [0.1, 0.15) is 22.5 Å². The Hall–Kier alpha value is -2.48. The zero-order valence-electron chi connectivity index (χ0n) is 17.1. The number of H-pyrrole nitrogens is 2. The van der Waals surface area contributed by atoms with Crippen molar-refractivity contribution < 1.29 is 0 Å². The Balaban J connectivity index is 0.00000171. The summed E-state index contributed by atoms with van der Waals surface area (Å²) in [4.78, 5) is 27.1. The second-order valence-corrected chi connectivity index (χ2v) is 7.96. The summed E-state index contributed by atoms with van der Waals surface area (Å²) in [7, 11) is 0. The zero-order chi connectivity index (χ0) is 20.1. The third kappa shape index (κ3) is 6.26. The molecule has 0 atom stereocenters. The Morgan fingerprint density at radius 2 is 1.84 bits per heavy atom. The highest BCUT2D eigenvalue weighted by Gasteiger charge is 2.07. The van der Waals surface area contributed by atoms with Crippen molar-refractivity contribution in [1.82, 2.24) is 19.9 Å². The van der Waals surface area contributed by atoms with Crippen LogP contribution >= 0.6 is 36.6 Å². The summed E-state index contributed by atoms with van der Waals surface area (Å²) >= 11 is 1.79. The van der Waals surface area contributed by atoms with E-state index in [2.05, 4.69) is 49.5 Å². The standard InChI is InChI=1S/C22H23N5OS.2ClH/c1-15-20(26-14-25-15)13-29-10-9-23-22-24-12-18(21(28)27-22)11-17-7-4-6-16-5-2-3-8-19(16)17;;/h2-8,12,14H,9-11,13H2,1H3,(H,25,26)(H2,23,24,27,28);2*1H. The quantitative estimate of drug-likeness (QED) is 0.319. The number of hydrogen-bond acceptors (Lipinski definition) is 5. The lowest BCUT2D eigenvalue weighted by Crippen LogP contribution is -2.18. The van der Waals surface area contributed by atoms with Crippen molar-refractivity contribution >= 4 is 53.3 Å². The van der Waals surface area contributed by atoms with Crippen LogP contribution in [0.3, 0.4) is 0 Å². The third-order valence-corrected chi connectivity index (χ3v) is 5.82. The smallest absolute Gasteiger partial charge is 0.255 e. The molecule has 0 spiro atoms. The van der Waals surface area contributed by atoms with Crippen LogP contribution in [0.2, 0.25) is 0 Å². The first-order valence-electron chi connectivity index (χ1n) is 9.56. The van der Waals surface area contributed by atoms with Crippen LogP contribution < -0.4 is 10.9 Å². The minimum Gasteiger partial charge on any atom is -0.355 e. The number of nitrogens with one attached hydrogen (secondary N) is 3. The molecule has 0 aliphatic heterocycles. The van der Waals surface area contributed by atoms with Gasteiger partial charge in [0.25, 0.3) is 5.56 Å². The number of benzene rings is 2. The fourth-order valence-corrected chi connectivity index (χ4v) is 4.11. The van der Waals surface area contributed by atoms with Gasteiger partial charge in [-0.1, -0.05) is 42.5 Å². The number of aromatic nitrogens is 4. The average Bonchev–Trinajstić information content (AvgIpc) is 3.14. The average molecular weight is 478 g/mol. The van der Waals surface area contributed by atoms with E-state index in [1.165, 1.54) is 10.8 Å². The Bertz CT molecular complexity index is 1170. The minimum absolute atomic E-state index is 0. The van der Waals surface area contributed by atoms with Gasteiger partial charge in [-0.3, -0.25) is 9.78 Å². The van der Waals surface area contributed by atoms with Gasteiger partial charge in [0.05, 0.1) is 12.0 Å². The molecule has 4 rings (SSSR count). The van der Waals surface area contributed by atoms with Gasteiger partial charge in [0, 0.05) is 41.9 Å². The van der Waals surface area contributed by atoms with Gasteiger partial charge in [0.2, 0.25) is 5.95 Å². The van der Waals surface area contributed by atoms with Crippen molar-refractivity contribution in [3.8, 4) is 0 Å². The van der Waals surface area contributed by atoms with Gasteiger partial charge in [-0.2, -0.15) is 11.8 Å². The number of rotatable bonds is 8. The summed E-state index contributed by atoms with van der Waals surface area (Å²) in [5, 5.41) is 5.53. The molecule has 0 saturated heterocycles. The molecular formula is C22H25Cl2N5OS. The Labute approximate surface area is 197 Å². The predicted octanol–water partition coefficient (Wildman–Crippen LogP) is 4.73. The van der Waals surface area contributed by atoms with Crippen LogP contribution in [-0.2, 0) is 12.2 Å². The van der Waals surface area contributed by atoms with Crippen molar-refractivity contribution in [2.75, 3.05) is 17.6 Å². The van der Waals surface area contributed by atoms with Crippen molar-refractivity contribution in [3.05, 3.63) is 87.9 Å². The fourth-order valence-electron chi connectivity index (χ4n) is 3.23. The van der Waals surface area contributed by atoms with E-state index in [9.17, 15) is 4.79 Å². The molecule has 0 fully saturated rings. The van der Waals surface area contributed by atoms with E-state index in [1.54, 1.807) is 24.3 Å². The third-order valence-electron chi connectivity index (χ3n) is 4.85. The van der Waals surface area contributed by atoms with Crippen molar-refractivity contribution in [3.63, 3.8) is 0 Å². The maximum absolute atomic E-state index is 12.5. The Kier molecular flexibility index (Phi) is 9.43. The van der Waals surface area contributed by atoms with Gasteiger partial charge in [-0.05, 0) is 23.3 Å². The van der Waals surface area contributed by atoms with Gasteiger partial charge in [-0.15, -0.1) is 24.8 Å². The van der Waals surface area contributed by atoms with Gasteiger partial charge in [0.1, 0.15) is 0 Å². The number of halogens is 2. The van der Waals surface area contributed by atoms with Gasteiger partial charge in [-0.25, -0.2) is 9.97 Å². The normalized spacial score (nSPS) is 10.4. The highest BCUT2D eigenvalue weighted by atomic mass is 35.5. The van der Waals surface area contributed by atoms with E-state index in [0.29, 0.717) is 17.9 Å². The lowest BCUT2D eigenvalue weighted by molar-refractivity contribution is 1.01. The molecule has 0 bridgehead atoms. The zero-order valence-corrected chi connectivity index (χ0v) is 19.5. The molecule has 2 aromatic carbocycles. The molecule has 0 aliphatic rings. The molecule has 0 unspecified atom stereocenters. The van der Waals surface area contributed by atoms with Gasteiger partial charge in [0.15, 0.2) is 0 Å². The molecule has 4 aromatic rings. The van der Waals surface area contributed by atoms with Crippen LogP contribution in [0.5, 0.6) is 0 Å². The first-order valence-corrected chi connectivity index (χ1v) is 10.7. The van der Waals surface area contributed by atoms with Crippen molar-refractivity contribution in [2.45, 2.75) is 19.1 Å². The molecular weight excluding hydrogens is 453 g/mol. The second kappa shape index (κ2) is 11.8. The summed E-state index contributed by atoms with van der Waals surface area (Å²) in [5.74, 6) is 2.27. The van der Waals surface area contributed by atoms with Crippen molar-refractivity contribution in [2.24, 2.45) is 0 Å². The van der Waals surface area contributed by atoms with Gasteiger partial charge < -0.3 is 10.3 Å². The molecule has 2 heterocycles. The van der Waals surface area contributed by atoms with E-state index in [4.69, 9.17) is 0 Å². The fraction of sp³-hybridized carbons (Fsp3) is 0.227. The van der Waals surface area contributed by atoms with E-state index in [0.717, 1.165) is 35.0 Å². The SMILES string of the molecule is Cc1[nH]cnc1CSCCNc1ncc(Cc2cccc3ccccc23)c(=O)[nH]1.Cl.Cl. The topological polar surface area (TPSA) is 86.5 Å². The van der Waals surface area contributed by atoms with E-state index in [1.807, 2.05) is 25.1 Å². The number of aromatic amines is 2. The van der Waals surface area contributed by atoms with E-state index in [-0.39, 0.29) is 30.4 Å². The van der Waals surface area contributed by atoms with E-state index >= 15 is 0 Å². The highest BCUT2D eigenvalue weighted by molar-refractivity contribution is 7.98. The summed E-state index contributed by atoms with van der Waals surface area (Å²) in [5.41, 5.74) is 3.88. The first kappa shape index (κ1) is 24.8. The molecule has 9 heteroatoms. The largest absolute Gasteiger partial charge is 0.355 e. The predicted molar refractivity (Wildman–Crippen MR) is 134 cm³/mol. The highest BCUT2D eigenvalue weighted by Crippen LogP contribution is 2.20. The molecule has 0 aliphatic carbocycles. The number of thioether (sulfide) groups is 1. The summed E-state index contributed by atoms with van der Waals surface area (Å²) < 4.78 is 0. The maximum Gasteiger partial charge on any atom is 0.255 e. The molecule has 6 nitrogen and oxygen atoms in total. The Morgan fingerprint density at radius 3 is 2.61 bits per heavy atom. The summed E-state index contributed by atoms with van der Waals surface area (Å²) in [6, 6.07) is 14.4. The number of anilines is 1. The van der Waals surface area contributed by atoms with Crippen LogP contribution in [0.25, 0.3) is 10.8 Å².